The minimum Gasteiger partial charge on any atom is -0.308 e. The summed E-state index contributed by atoms with van der Waals surface area (Å²) in [5.41, 5.74) is 7.70. The Bertz CT molecular complexity index is 1490. The lowest BCUT2D eigenvalue weighted by Gasteiger charge is -2.40. The van der Waals surface area contributed by atoms with Crippen molar-refractivity contribution in [3.63, 3.8) is 0 Å². The van der Waals surface area contributed by atoms with Crippen molar-refractivity contribution in [2.24, 2.45) is 4.99 Å². The van der Waals surface area contributed by atoms with Crippen LogP contribution >= 0.6 is 58.2 Å². The number of allylic oxidation sites excluding steroid dienone is 1. The fraction of sp³-hybridized carbons (Fsp3) is 0.138. The number of hydrogen-bond donors (Lipinski definition) is 0. The van der Waals surface area contributed by atoms with E-state index in [1.807, 2.05) is 36.4 Å². The summed E-state index contributed by atoms with van der Waals surface area (Å²) < 4.78 is 0. The third-order valence-electron chi connectivity index (χ3n) is 6.66. The maximum absolute atomic E-state index is 6.84. The Hall–Kier alpha value is -2.14. The van der Waals surface area contributed by atoms with Crippen LogP contribution in [-0.4, -0.2) is 10.1 Å². The number of benzene rings is 3. The zero-order valence-electron chi connectivity index (χ0n) is 19.0. The van der Waals surface area contributed by atoms with Gasteiger partial charge in [0.1, 0.15) is 0 Å². The lowest BCUT2D eigenvalue weighted by atomic mass is 9.82. The standard InChI is InChI=1S/C29H20Cl4N2S/c30-20-10-9-18(24(32)14-20)13-19-7-4-8-23-27(19)34-29-35(26(16-36-29)17-5-2-1-3-6-17)28(23)22-12-11-21(31)15-25(22)33/h1-3,5-6,9-16,28H,4,7-8H2/b19-13+/t28-/m1/s1. The highest BCUT2D eigenvalue weighted by Crippen LogP contribution is 2.52. The molecule has 3 aromatic carbocycles. The van der Waals surface area contributed by atoms with Crippen molar-refractivity contribution in [2.45, 2.75) is 25.3 Å². The Morgan fingerprint density at radius 3 is 2.36 bits per heavy atom. The molecule has 0 fully saturated rings. The van der Waals surface area contributed by atoms with Gasteiger partial charge in [0.2, 0.25) is 0 Å². The maximum Gasteiger partial charge on any atom is 0.174 e. The molecule has 7 heteroatoms. The first kappa shape index (κ1) is 24.2. The molecule has 0 amide bonds. The molecule has 2 nitrogen and oxygen atoms in total. The minimum atomic E-state index is -0.0805. The number of fused-ring (bicyclic) bond motifs is 1. The van der Waals surface area contributed by atoms with Crippen molar-refractivity contribution in [3.05, 3.63) is 126 Å². The van der Waals surface area contributed by atoms with Gasteiger partial charge < -0.3 is 4.90 Å². The van der Waals surface area contributed by atoms with Gasteiger partial charge in [-0.25, -0.2) is 4.99 Å². The van der Waals surface area contributed by atoms with E-state index in [2.05, 4.69) is 40.6 Å². The van der Waals surface area contributed by atoms with Crippen molar-refractivity contribution in [3.8, 4) is 0 Å². The van der Waals surface area contributed by atoms with Crippen molar-refractivity contribution in [2.75, 3.05) is 0 Å². The van der Waals surface area contributed by atoms with Crippen LogP contribution in [0.3, 0.4) is 0 Å². The van der Waals surface area contributed by atoms with E-state index in [4.69, 9.17) is 51.4 Å². The van der Waals surface area contributed by atoms with Gasteiger partial charge in [0, 0.05) is 25.5 Å². The summed E-state index contributed by atoms with van der Waals surface area (Å²) in [4.78, 5) is 7.54. The van der Waals surface area contributed by atoms with E-state index < -0.39 is 0 Å². The summed E-state index contributed by atoms with van der Waals surface area (Å²) in [6, 6.07) is 21.7. The summed E-state index contributed by atoms with van der Waals surface area (Å²) >= 11 is 27.4. The van der Waals surface area contributed by atoms with Crippen LogP contribution < -0.4 is 0 Å². The second-order valence-corrected chi connectivity index (χ2v) is 11.4. The number of hydrogen-bond acceptors (Lipinski definition) is 3. The van der Waals surface area contributed by atoms with E-state index in [-0.39, 0.29) is 6.04 Å². The lowest BCUT2D eigenvalue weighted by Crippen LogP contribution is -2.35. The first-order valence-electron chi connectivity index (χ1n) is 11.6. The van der Waals surface area contributed by atoms with E-state index in [1.54, 1.807) is 17.8 Å². The number of halogens is 4. The molecule has 0 saturated carbocycles. The molecule has 3 aromatic rings. The van der Waals surface area contributed by atoms with Crippen LogP contribution in [0.4, 0.5) is 0 Å². The zero-order chi connectivity index (χ0) is 24.8. The van der Waals surface area contributed by atoms with Crippen LogP contribution in [0.2, 0.25) is 20.1 Å². The Labute approximate surface area is 234 Å². The predicted octanol–water partition coefficient (Wildman–Crippen LogP) is 10.3. The van der Waals surface area contributed by atoms with Gasteiger partial charge in [-0.1, -0.05) is 101 Å². The molecule has 0 spiro atoms. The van der Waals surface area contributed by atoms with E-state index in [1.165, 1.54) is 11.1 Å². The number of thioether (sulfide) groups is 1. The first-order valence-corrected chi connectivity index (χ1v) is 14.0. The van der Waals surface area contributed by atoms with Crippen LogP contribution in [-0.2, 0) is 0 Å². The molecule has 2 aliphatic heterocycles. The molecule has 0 saturated heterocycles. The number of rotatable bonds is 3. The third-order valence-corrected chi connectivity index (χ3v) is 8.62. The molecule has 6 rings (SSSR count). The molecular formula is C29H20Cl4N2S. The fourth-order valence-corrected chi connectivity index (χ4v) is 6.94. The SMILES string of the molecule is Clc1ccc(/C=C2\CCCC3=C2N=C2SC=C(c4ccccc4)N2[C@@H]3c2ccc(Cl)cc2Cl)c(Cl)c1. The van der Waals surface area contributed by atoms with Crippen LogP contribution in [0.1, 0.15) is 42.0 Å². The number of nitrogens with zero attached hydrogens (tertiary/aromatic N) is 2. The second kappa shape index (κ2) is 9.96. The number of aliphatic imine (C=N–C) groups is 1. The quantitative estimate of drug-likeness (QED) is 0.311. The van der Waals surface area contributed by atoms with Gasteiger partial charge in [-0.3, -0.25) is 0 Å². The van der Waals surface area contributed by atoms with Crippen LogP contribution in [0.5, 0.6) is 0 Å². The largest absolute Gasteiger partial charge is 0.308 e. The summed E-state index contributed by atoms with van der Waals surface area (Å²) in [6.07, 6.45) is 5.04. The van der Waals surface area contributed by atoms with E-state index in [0.29, 0.717) is 20.1 Å². The van der Waals surface area contributed by atoms with E-state index in [9.17, 15) is 0 Å². The molecule has 1 aliphatic carbocycles. The molecule has 0 unspecified atom stereocenters. The summed E-state index contributed by atoms with van der Waals surface area (Å²) in [5, 5.41) is 5.66. The van der Waals surface area contributed by atoms with Gasteiger partial charge in [-0.2, -0.15) is 0 Å². The normalized spacial score (nSPS) is 20.3. The fourth-order valence-electron chi connectivity index (χ4n) is 5.04. The zero-order valence-corrected chi connectivity index (χ0v) is 22.9. The van der Waals surface area contributed by atoms with Gasteiger partial charge in [0.05, 0.1) is 17.4 Å². The molecule has 0 N–H and O–H groups in total. The smallest absolute Gasteiger partial charge is 0.174 e. The van der Waals surface area contributed by atoms with Crippen molar-refractivity contribution >= 4 is 75.1 Å². The van der Waals surface area contributed by atoms with Crippen molar-refractivity contribution < 1.29 is 0 Å². The first-order chi connectivity index (χ1) is 17.5. The summed E-state index contributed by atoms with van der Waals surface area (Å²) in [5.74, 6) is 0. The lowest BCUT2D eigenvalue weighted by molar-refractivity contribution is 0.458. The molecule has 0 aromatic heterocycles. The Balaban J connectivity index is 1.52. The Morgan fingerprint density at radius 1 is 0.861 bits per heavy atom. The molecule has 2 heterocycles. The van der Waals surface area contributed by atoms with Crippen molar-refractivity contribution in [1.82, 2.24) is 4.90 Å². The highest BCUT2D eigenvalue weighted by molar-refractivity contribution is 8.16. The molecule has 0 bridgehead atoms. The van der Waals surface area contributed by atoms with Crippen LogP contribution in [0, 0.1) is 0 Å². The minimum absolute atomic E-state index is 0.0805. The monoisotopic (exact) mass is 568 g/mol. The summed E-state index contributed by atoms with van der Waals surface area (Å²) in [6.45, 7) is 0. The van der Waals surface area contributed by atoms with E-state index in [0.717, 1.165) is 52.5 Å². The molecule has 0 radical (unpaired) electrons. The molecule has 3 aliphatic rings. The molecule has 36 heavy (non-hydrogen) atoms. The average Bonchev–Trinajstić information content (AvgIpc) is 3.29. The molecular weight excluding hydrogens is 550 g/mol. The molecule has 1 atom stereocenters. The summed E-state index contributed by atoms with van der Waals surface area (Å²) in [7, 11) is 0. The van der Waals surface area contributed by atoms with Gasteiger partial charge in [-0.15, -0.1) is 0 Å². The van der Waals surface area contributed by atoms with Crippen LogP contribution in [0.15, 0.2) is 94.0 Å². The molecule has 180 valence electrons. The van der Waals surface area contributed by atoms with Crippen LogP contribution in [0.25, 0.3) is 11.8 Å². The third kappa shape index (κ3) is 4.42. The second-order valence-electron chi connectivity index (χ2n) is 8.88. The van der Waals surface area contributed by atoms with Gasteiger partial charge >= 0.3 is 0 Å². The highest BCUT2D eigenvalue weighted by Gasteiger charge is 2.40. The van der Waals surface area contributed by atoms with Gasteiger partial charge in [-0.05, 0) is 77.4 Å². The highest BCUT2D eigenvalue weighted by atomic mass is 35.5. The Morgan fingerprint density at radius 2 is 1.61 bits per heavy atom. The topological polar surface area (TPSA) is 15.6 Å². The van der Waals surface area contributed by atoms with Gasteiger partial charge in [0.15, 0.2) is 5.17 Å². The van der Waals surface area contributed by atoms with Crippen molar-refractivity contribution in [1.29, 1.82) is 0 Å². The van der Waals surface area contributed by atoms with Gasteiger partial charge in [0.25, 0.3) is 0 Å². The van der Waals surface area contributed by atoms with E-state index >= 15 is 0 Å². The maximum atomic E-state index is 6.84. The predicted molar refractivity (Wildman–Crippen MR) is 156 cm³/mol. The Kier molecular flexibility index (Phi) is 6.70. The number of amidine groups is 1. The average molecular weight is 570 g/mol.